The molecule has 0 unspecified atom stereocenters. The largest absolute Gasteiger partial charge is 0.354 e. The molecule has 0 aliphatic carbocycles. The molecular weight excluding hydrogens is 356 g/mol. The van der Waals surface area contributed by atoms with E-state index in [0.29, 0.717) is 19.4 Å². The predicted octanol–water partition coefficient (Wildman–Crippen LogP) is 3.87. The summed E-state index contributed by atoms with van der Waals surface area (Å²) in [5.41, 5.74) is 1.68. The third-order valence-electron chi connectivity index (χ3n) is 3.97. The Balaban J connectivity index is 1.78. The Labute approximate surface area is 144 Å². The number of benzene rings is 2. The Morgan fingerprint density at radius 2 is 2.04 bits per heavy atom. The van der Waals surface area contributed by atoms with Gasteiger partial charge in [-0.05, 0) is 43.9 Å². The molecule has 0 radical (unpaired) electrons. The van der Waals surface area contributed by atoms with Crippen molar-refractivity contribution in [1.82, 2.24) is 5.32 Å². The molecule has 5 heteroatoms. The van der Waals surface area contributed by atoms with E-state index in [0.717, 1.165) is 26.5 Å². The highest BCUT2D eigenvalue weighted by Gasteiger charge is 2.29. The van der Waals surface area contributed by atoms with Crippen LogP contribution in [0.2, 0.25) is 0 Å². The number of hydrogen-bond acceptors (Lipinski definition) is 2. The first-order valence-corrected chi connectivity index (χ1v) is 8.61. The van der Waals surface area contributed by atoms with E-state index in [4.69, 9.17) is 0 Å². The first-order chi connectivity index (χ1) is 11.0. The maximum Gasteiger partial charge on any atom is 0.258 e. The second-order valence-corrected chi connectivity index (χ2v) is 6.93. The molecule has 1 aliphatic rings. The van der Waals surface area contributed by atoms with Gasteiger partial charge in [0.2, 0.25) is 5.91 Å². The third kappa shape index (κ3) is 2.98. The second kappa shape index (κ2) is 6.32. The number of hydrogen-bond donors (Lipinski definition) is 1. The molecule has 2 amide bonds. The summed E-state index contributed by atoms with van der Waals surface area (Å²) in [7, 11) is 0. The Bertz CT molecular complexity index is 786. The van der Waals surface area contributed by atoms with Crippen LogP contribution in [0.1, 0.15) is 37.0 Å². The summed E-state index contributed by atoms with van der Waals surface area (Å²) in [6.45, 7) is 4.43. The minimum Gasteiger partial charge on any atom is -0.354 e. The highest BCUT2D eigenvalue weighted by Crippen LogP contribution is 2.40. The van der Waals surface area contributed by atoms with Crippen LogP contribution in [0.4, 0.5) is 5.69 Å². The van der Waals surface area contributed by atoms with Gasteiger partial charge < -0.3 is 10.2 Å². The van der Waals surface area contributed by atoms with Gasteiger partial charge in [-0.15, -0.1) is 0 Å². The SMILES string of the molecule is CC(C)NC(=O)CCCN1C(=O)c2ccc(Br)c3cccc1c23. The smallest absolute Gasteiger partial charge is 0.258 e. The Hall–Kier alpha value is -1.88. The van der Waals surface area contributed by atoms with Crippen molar-refractivity contribution in [3.63, 3.8) is 0 Å². The molecule has 2 aromatic carbocycles. The Morgan fingerprint density at radius 1 is 1.26 bits per heavy atom. The maximum absolute atomic E-state index is 12.7. The Morgan fingerprint density at radius 3 is 2.78 bits per heavy atom. The average molecular weight is 375 g/mol. The van der Waals surface area contributed by atoms with Crippen LogP contribution in [0.15, 0.2) is 34.8 Å². The molecular formula is C18H19BrN2O2. The maximum atomic E-state index is 12.7. The van der Waals surface area contributed by atoms with Crippen LogP contribution in [-0.4, -0.2) is 24.4 Å². The molecule has 0 spiro atoms. The van der Waals surface area contributed by atoms with Gasteiger partial charge in [0.1, 0.15) is 0 Å². The lowest BCUT2D eigenvalue weighted by molar-refractivity contribution is -0.121. The second-order valence-electron chi connectivity index (χ2n) is 6.08. The van der Waals surface area contributed by atoms with Gasteiger partial charge in [-0.3, -0.25) is 9.59 Å². The zero-order valence-electron chi connectivity index (χ0n) is 13.2. The molecule has 0 bridgehead atoms. The van der Waals surface area contributed by atoms with E-state index in [-0.39, 0.29) is 17.9 Å². The van der Waals surface area contributed by atoms with Crippen molar-refractivity contribution in [2.75, 3.05) is 11.4 Å². The van der Waals surface area contributed by atoms with Gasteiger partial charge in [-0.1, -0.05) is 28.1 Å². The molecule has 1 heterocycles. The number of rotatable bonds is 5. The number of anilines is 1. The summed E-state index contributed by atoms with van der Waals surface area (Å²) in [6.07, 6.45) is 1.08. The van der Waals surface area contributed by atoms with E-state index in [1.54, 1.807) is 4.90 Å². The van der Waals surface area contributed by atoms with E-state index in [2.05, 4.69) is 21.2 Å². The number of carbonyl (C=O) groups is 2. The van der Waals surface area contributed by atoms with Gasteiger partial charge in [-0.25, -0.2) is 0 Å². The number of nitrogens with one attached hydrogen (secondary N) is 1. The van der Waals surface area contributed by atoms with Crippen molar-refractivity contribution in [1.29, 1.82) is 0 Å². The van der Waals surface area contributed by atoms with Crippen LogP contribution in [0.5, 0.6) is 0 Å². The molecule has 0 atom stereocenters. The van der Waals surface area contributed by atoms with E-state index < -0.39 is 0 Å². The summed E-state index contributed by atoms with van der Waals surface area (Å²) in [4.78, 5) is 26.2. The first kappa shape index (κ1) is 16.0. The van der Waals surface area contributed by atoms with Crippen molar-refractivity contribution in [2.24, 2.45) is 0 Å². The van der Waals surface area contributed by atoms with Gasteiger partial charge in [0.15, 0.2) is 0 Å². The molecule has 1 aliphatic heterocycles. The van der Waals surface area contributed by atoms with Crippen molar-refractivity contribution in [2.45, 2.75) is 32.7 Å². The van der Waals surface area contributed by atoms with Crippen molar-refractivity contribution in [3.8, 4) is 0 Å². The lowest BCUT2D eigenvalue weighted by Crippen LogP contribution is -2.32. The van der Waals surface area contributed by atoms with Gasteiger partial charge in [-0.2, -0.15) is 0 Å². The lowest BCUT2D eigenvalue weighted by Gasteiger charge is -2.17. The molecule has 23 heavy (non-hydrogen) atoms. The Kier molecular flexibility index (Phi) is 4.39. The molecule has 1 N–H and O–H groups in total. The molecule has 0 aromatic heterocycles. The number of amides is 2. The molecule has 0 fully saturated rings. The van der Waals surface area contributed by atoms with Gasteiger partial charge in [0.25, 0.3) is 5.91 Å². The predicted molar refractivity (Wildman–Crippen MR) is 95.8 cm³/mol. The highest BCUT2D eigenvalue weighted by atomic mass is 79.9. The van der Waals surface area contributed by atoms with Crippen LogP contribution in [0, 0.1) is 0 Å². The van der Waals surface area contributed by atoms with Gasteiger partial charge in [0.05, 0.1) is 5.69 Å². The fraction of sp³-hybridized carbons (Fsp3) is 0.333. The first-order valence-electron chi connectivity index (χ1n) is 7.81. The summed E-state index contributed by atoms with van der Waals surface area (Å²) in [6, 6.07) is 9.87. The highest BCUT2D eigenvalue weighted by molar-refractivity contribution is 9.10. The fourth-order valence-corrected chi connectivity index (χ4v) is 3.49. The summed E-state index contributed by atoms with van der Waals surface area (Å²) >= 11 is 3.54. The van der Waals surface area contributed by atoms with Gasteiger partial charge in [0, 0.05) is 34.4 Å². The monoisotopic (exact) mass is 374 g/mol. The molecule has 0 saturated carbocycles. The third-order valence-corrected chi connectivity index (χ3v) is 4.66. The van der Waals surface area contributed by atoms with E-state index in [9.17, 15) is 9.59 Å². The normalized spacial score (nSPS) is 13.2. The number of carbonyl (C=O) groups excluding carboxylic acids is 2. The molecule has 4 nitrogen and oxygen atoms in total. The van der Waals surface area contributed by atoms with Crippen LogP contribution < -0.4 is 10.2 Å². The van der Waals surface area contributed by atoms with Crippen molar-refractivity contribution in [3.05, 3.63) is 40.4 Å². The topological polar surface area (TPSA) is 49.4 Å². The van der Waals surface area contributed by atoms with E-state index in [1.807, 2.05) is 44.2 Å². The molecule has 2 aromatic rings. The summed E-state index contributed by atoms with van der Waals surface area (Å²) in [5, 5.41) is 4.92. The lowest BCUT2D eigenvalue weighted by atomic mass is 10.1. The van der Waals surface area contributed by atoms with Crippen LogP contribution in [0.3, 0.4) is 0 Å². The fourth-order valence-electron chi connectivity index (χ4n) is 3.02. The summed E-state index contributed by atoms with van der Waals surface area (Å²) < 4.78 is 0.990. The molecule has 120 valence electrons. The summed E-state index contributed by atoms with van der Waals surface area (Å²) in [5.74, 6) is 0.0538. The minimum absolute atomic E-state index is 0.0213. The van der Waals surface area contributed by atoms with Crippen LogP contribution >= 0.6 is 15.9 Å². The van der Waals surface area contributed by atoms with Crippen LogP contribution in [0.25, 0.3) is 10.8 Å². The zero-order valence-corrected chi connectivity index (χ0v) is 14.8. The van der Waals surface area contributed by atoms with Crippen LogP contribution in [-0.2, 0) is 4.79 Å². The van der Waals surface area contributed by atoms with Gasteiger partial charge >= 0.3 is 0 Å². The van der Waals surface area contributed by atoms with E-state index >= 15 is 0 Å². The average Bonchev–Trinajstić information content (AvgIpc) is 2.76. The van der Waals surface area contributed by atoms with E-state index in [1.165, 1.54) is 0 Å². The quantitative estimate of drug-likeness (QED) is 0.863. The standard InChI is InChI=1S/C18H19BrN2O2/c1-11(2)20-16(22)7-4-10-21-15-6-3-5-12-14(19)9-8-13(17(12)15)18(21)23/h3,5-6,8-9,11H,4,7,10H2,1-2H3,(H,20,22). The molecule has 3 rings (SSSR count). The minimum atomic E-state index is 0.0213. The number of halogens is 1. The van der Waals surface area contributed by atoms with Crippen molar-refractivity contribution < 1.29 is 9.59 Å². The van der Waals surface area contributed by atoms with Crippen molar-refractivity contribution >= 4 is 44.2 Å². The molecule has 0 saturated heterocycles. The zero-order chi connectivity index (χ0) is 16.6. The number of nitrogens with zero attached hydrogens (tertiary/aromatic N) is 1.